The van der Waals surface area contributed by atoms with Gasteiger partial charge in [0.05, 0.1) is 31.1 Å². The predicted octanol–water partition coefficient (Wildman–Crippen LogP) is -0.561. The molecule has 0 saturated carbocycles. The number of aliphatic hydroxyl groups is 1. The second kappa shape index (κ2) is 7.46. The van der Waals surface area contributed by atoms with E-state index < -0.39 is 18.1 Å². The second-order valence-corrected chi connectivity index (χ2v) is 4.24. The number of likely N-dealkylation sites (N-methyl/N-ethyl adjacent to an activating group) is 1. The number of urea groups is 1. The van der Waals surface area contributed by atoms with E-state index in [4.69, 9.17) is 9.84 Å². The minimum Gasteiger partial charge on any atom is -0.480 e. The number of methoxy groups -OCH3 is 1. The predicted molar refractivity (Wildman–Crippen MR) is 69.4 cm³/mol. The van der Waals surface area contributed by atoms with Crippen molar-refractivity contribution in [1.82, 2.24) is 14.7 Å². The Morgan fingerprint density at radius 1 is 1.60 bits per heavy atom. The van der Waals surface area contributed by atoms with Crippen LogP contribution < -0.4 is 5.32 Å². The number of amides is 2. The molecule has 0 radical (unpaired) electrons. The van der Waals surface area contributed by atoms with Crippen LogP contribution in [0.5, 0.6) is 0 Å². The number of carboxylic acid groups (broad SMARTS) is 1. The monoisotopic (exact) mass is 286 g/mol. The standard InChI is InChI=1S/C11H18N4O5/c1-14(5-9(16)7-20-2)11(19)13-8-3-12-15(4-8)6-10(17)18/h3-4,9,16H,5-7H2,1-2H3,(H,13,19)(H,17,18). The fourth-order valence-electron chi connectivity index (χ4n) is 1.52. The topological polar surface area (TPSA) is 117 Å². The van der Waals surface area contributed by atoms with Crippen LogP contribution in [-0.4, -0.2) is 70.3 Å². The Hall–Kier alpha value is -2.13. The van der Waals surface area contributed by atoms with Gasteiger partial charge in [-0.05, 0) is 0 Å². The van der Waals surface area contributed by atoms with Crippen LogP contribution in [0.2, 0.25) is 0 Å². The largest absolute Gasteiger partial charge is 0.480 e. The molecule has 0 spiro atoms. The van der Waals surface area contributed by atoms with Crippen LogP contribution in [0.15, 0.2) is 12.4 Å². The van der Waals surface area contributed by atoms with E-state index in [0.717, 1.165) is 0 Å². The van der Waals surface area contributed by atoms with Crippen molar-refractivity contribution in [3.63, 3.8) is 0 Å². The summed E-state index contributed by atoms with van der Waals surface area (Å²) in [7, 11) is 2.98. The number of carbonyl (C=O) groups is 2. The van der Waals surface area contributed by atoms with Crippen LogP contribution in [0.25, 0.3) is 0 Å². The van der Waals surface area contributed by atoms with Crippen LogP contribution in [0.1, 0.15) is 0 Å². The van der Waals surface area contributed by atoms with E-state index >= 15 is 0 Å². The Morgan fingerprint density at radius 3 is 2.90 bits per heavy atom. The lowest BCUT2D eigenvalue weighted by Gasteiger charge is -2.20. The summed E-state index contributed by atoms with van der Waals surface area (Å²) >= 11 is 0. The highest BCUT2D eigenvalue weighted by atomic mass is 16.5. The van der Waals surface area contributed by atoms with E-state index in [1.165, 1.54) is 36.1 Å². The first-order chi connectivity index (χ1) is 9.42. The van der Waals surface area contributed by atoms with Crippen LogP contribution >= 0.6 is 0 Å². The molecule has 112 valence electrons. The van der Waals surface area contributed by atoms with Crippen molar-refractivity contribution in [2.75, 3.05) is 32.6 Å². The molecule has 0 aliphatic rings. The number of anilines is 1. The first-order valence-corrected chi connectivity index (χ1v) is 5.85. The minimum absolute atomic E-state index is 0.114. The zero-order valence-corrected chi connectivity index (χ0v) is 11.3. The van der Waals surface area contributed by atoms with Crippen LogP contribution in [0.3, 0.4) is 0 Å². The maximum Gasteiger partial charge on any atom is 0.325 e. The van der Waals surface area contributed by atoms with E-state index in [9.17, 15) is 14.7 Å². The molecule has 0 bridgehead atoms. The Labute approximate surface area is 115 Å². The average Bonchev–Trinajstić information content (AvgIpc) is 2.75. The first kappa shape index (κ1) is 15.9. The van der Waals surface area contributed by atoms with Gasteiger partial charge >= 0.3 is 12.0 Å². The van der Waals surface area contributed by atoms with Gasteiger partial charge in [-0.1, -0.05) is 0 Å². The zero-order chi connectivity index (χ0) is 15.1. The van der Waals surface area contributed by atoms with Crippen molar-refractivity contribution in [1.29, 1.82) is 0 Å². The summed E-state index contributed by atoms with van der Waals surface area (Å²) in [6.45, 7) is -0.0324. The van der Waals surface area contributed by atoms with Gasteiger partial charge in [0.25, 0.3) is 0 Å². The molecule has 0 aromatic carbocycles. The Kier molecular flexibility index (Phi) is 5.94. The van der Waals surface area contributed by atoms with E-state index in [1.807, 2.05) is 0 Å². The number of hydrogen-bond donors (Lipinski definition) is 3. The maximum absolute atomic E-state index is 11.8. The summed E-state index contributed by atoms with van der Waals surface area (Å²) in [6.07, 6.45) is 1.98. The van der Waals surface area contributed by atoms with Gasteiger partial charge in [-0.3, -0.25) is 9.48 Å². The summed E-state index contributed by atoms with van der Waals surface area (Å²) in [5.41, 5.74) is 0.379. The van der Waals surface area contributed by atoms with Crippen molar-refractivity contribution in [2.24, 2.45) is 0 Å². The minimum atomic E-state index is -1.02. The molecule has 9 heteroatoms. The molecule has 0 saturated heterocycles. The number of aromatic nitrogens is 2. The summed E-state index contributed by atoms with van der Waals surface area (Å²) in [5, 5.41) is 24.4. The van der Waals surface area contributed by atoms with Gasteiger partial charge in [-0.2, -0.15) is 5.10 Å². The number of ether oxygens (including phenoxy) is 1. The van der Waals surface area contributed by atoms with Crippen molar-refractivity contribution in [3.8, 4) is 0 Å². The molecule has 1 unspecified atom stereocenters. The molecule has 1 aromatic rings. The number of carbonyl (C=O) groups excluding carboxylic acids is 1. The molecule has 2 amide bonds. The van der Waals surface area contributed by atoms with Crippen LogP contribution in [0, 0.1) is 0 Å². The van der Waals surface area contributed by atoms with Crippen LogP contribution in [-0.2, 0) is 16.1 Å². The molecule has 3 N–H and O–H groups in total. The SMILES string of the molecule is COCC(O)CN(C)C(=O)Nc1cnn(CC(=O)O)c1. The summed E-state index contributed by atoms with van der Waals surface area (Å²) in [5.74, 6) is -1.02. The van der Waals surface area contributed by atoms with Gasteiger partial charge in [0, 0.05) is 20.4 Å². The van der Waals surface area contributed by atoms with Crippen molar-refractivity contribution in [2.45, 2.75) is 12.6 Å². The van der Waals surface area contributed by atoms with Crippen molar-refractivity contribution >= 4 is 17.7 Å². The summed E-state index contributed by atoms with van der Waals surface area (Å²) in [4.78, 5) is 23.6. The van der Waals surface area contributed by atoms with Gasteiger partial charge in [0.15, 0.2) is 0 Å². The second-order valence-electron chi connectivity index (χ2n) is 4.24. The first-order valence-electron chi connectivity index (χ1n) is 5.85. The van der Waals surface area contributed by atoms with E-state index in [0.29, 0.717) is 5.69 Å². The van der Waals surface area contributed by atoms with Gasteiger partial charge in [-0.15, -0.1) is 0 Å². The van der Waals surface area contributed by atoms with E-state index in [2.05, 4.69) is 10.4 Å². The molecule has 0 aliphatic heterocycles. The van der Waals surface area contributed by atoms with Crippen LogP contribution in [0.4, 0.5) is 10.5 Å². The lowest BCUT2D eigenvalue weighted by atomic mass is 10.3. The van der Waals surface area contributed by atoms with E-state index in [-0.39, 0.29) is 19.7 Å². The number of aliphatic hydroxyl groups excluding tert-OH is 1. The normalized spacial score (nSPS) is 11.9. The molecular weight excluding hydrogens is 268 g/mol. The maximum atomic E-state index is 11.8. The highest BCUT2D eigenvalue weighted by Gasteiger charge is 2.14. The third kappa shape index (κ3) is 5.24. The molecule has 20 heavy (non-hydrogen) atoms. The molecule has 0 aliphatic carbocycles. The van der Waals surface area contributed by atoms with E-state index in [1.54, 1.807) is 0 Å². The highest BCUT2D eigenvalue weighted by Crippen LogP contribution is 2.06. The number of nitrogens with one attached hydrogen (secondary N) is 1. The molecule has 1 rings (SSSR count). The number of carboxylic acids is 1. The lowest BCUT2D eigenvalue weighted by Crippen LogP contribution is -2.38. The summed E-state index contributed by atoms with van der Waals surface area (Å²) < 4.78 is 5.96. The number of nitrogens with zero attached hydrogens (tertiary/aromatic N) is 3. The zero-order valence-electron chi connectivity index (χ0n) is 11.3. The molecule has 9 nitrogen and oxygen atoms in total. The van der Waals surface area contributed by atoms with Gasteiger partial charge in [0.1, 0.15) is 6.54 Å². The smallest absolute Gasteiger partial charge is 0.325 e. The Balaban J connectivity index is 2.48. The Morgan fingerprint density at radius 2 is 2.30 bits per heavy atom. The average molecular weight is 286 g/mol. The number of rotatable bonds is 7. The third-order valence-corrected chi connectivity index (χ3v) is 2.37. The van der Waals surface area contributed by atoms with Crippen molar-refractivity contribution in [3.05, 3.63) is 12.4 Å². The van der Waals surface area contributed by atoms with Gasteiger partial charge in [-0.25, -0.2) is 4.79 Å². The number of aliphatic carboxylic acids is 1. The molecule has 1 atom stereocenters. The number of hydrogen-bond acceptors (Lipinski definition) is 5. The molecule has 1 aromatic heterocycles. The molecular formula is C11H18N4O5. The van der Waals surface area contributed by atoms with Crippen molar-refractivity contribution < 1.29 is 24.5 Å². The fourth-order valence-corrected chi connectivity index (χ4v) is 1.52. The van der Waals surface area contributed by atoms with Gasteiger partial charge in [0.2, 0.25) is 0 Å². The Bertz CT molecular complexity index is 461. The molecule has 0 fully saturated rings. The summed E-state index contributed by atoms with van der Waals surface area (Å²) in [6, 6.07) is -0.435. The highest BCUT2D eigenvalue weighted by molar-refractivity contribution is 5.88. The molecule has 1 heterocycles. The fraction of sp³-hybridized carbons (Fsp3) is 0.545. The van der Waals surface area contributed by atoms with Gasteiger partial charge < -0.3 is 25.2 Å². The third-order valence-electron chi connectivity index (χ3n) is 2.37. The lowest BCUT2D eigenvalue weighted by molar-refractivity contribution is -0.137. The quantitative estimate of drug-likeness (QED) is 0.618.